The average Bonchev–Trinajstić information content (AvgIpc) is 2.40. The fraction of sp³-hybridized carbons (Fsp3) is 0.625. The summed E-state index contributed by atoms with van der Waals surface area (Å²) in [5.74, 6) is -1.14. The van der Waals surface area contributed by atoms with Crippen LogP contribution in [0.5, 0.6) is 0 Å². The van der Waals surface area contributed by atoms with Gasteiger partial charge < -0.3 is 15.5 Å². The predicted molar refractivity (Wildman–Crippen MR) is 83.2 cm³/mol. The molecule has 0 amide bonds. The van der Waals surface area contributed by atoms with Crippen molar-refractivity contribution in [1.82, 2.24) is 9.80 Å². The number of rotatable bonds is 9. The fourth-order valence-corrected chi connectivity index (χ4v) is 2.27. The first-order chi connectivity index (χ1) is 9.92. The number of hydrogen-bond acceptors (Lipinski definition) is 3. The van der Waals surface area contributed by atoms with Crippen LogP contribution in [0.3, 0.4) is 0 Å². The highest BCUT2D eigenvalue weighted by molar-refractivity contribution is 5.21. The molecule has 1 aromatic rings. The molecule has 0 aromatic heterocycles. The highest BCUT2D eigenvalue weighted by Gasteiger charge is 2.12. The monoisotopic (exact) mass is 299 g/mol. The molecule has 0 bridgehead atoms. The SMILES string of the molecule is CCCN(CCC(N)c1cc(F)cc(F)c1)CCN(C)C. The van der Waals surface area contributed by atoms with Gasteiger partial charge in [0.1, 0.15) is 11.6 Å². The van der Waals surface area contributed by atoms with Crippen LogP contribution in [0.4, 0.5) is 8.78 Å². The molecule has 5 heteroatoms. The minimum atomic E-state index is -0.571. The molecule has 1 unspecified atom stereocenters. The normalized spacial score (nSPS) is 13.1. The zero-order chi connectivity index (χ0) is 15.8. The number of nitrogens with two attached hydrogens (primary N) is 1. The van der Waals surface area contributed by atoms with Gasteiger partial charge in [-0.2, -0.15) is 0 Å². The molecule has 2 N–H and O–H groups in total. The smallest absolute Gasteiger partial charge is 0.126 e. The number of halogens is 2. The minimum Gasteiger partial charge on any atom is -0.324 e. The Bertz CT molecular complexity index is 404. The van der Waals surface area contributed by atoms with Gasteiger partial charge in [0.25, 0.3) is 0 Å². The molecule has 21 heavy (non-hydrogen) atoms. The lowest BCUT2D eigenvalue weighted by Gasteiger charge is -2.25. The first-order valence-corrected chi connectivity index (χ1v) is 7.51. The van der Waals surface area contributed by atoms with Crippen molar-refractivity contribution in [2.45, 2.75) is 25.8 Å². The van der Waals surface area contributed by atoms with Crippen LogP contribution >= 0.6 is 0 Å². The third-order valence-electron chi connectivity index (χ3n) is 3.47. The lowest BCUT2D eigenvalue weighted by Crippen LogP contribution is -2.34. The summed E-state index contributed by atoms with van der Waals surface area (Å²) in [4.78, 5) is 4.49. The van der Waals surface area contributed by atoms with Crippen LogP contribution in [0.2, 0.25) is 0 Å². The van der Waals surface area contributed by atoms with Gasteiger partial charge in [-0.1, -0.05) is 6.92 Å². The zero-order valence-corrected chi connectivity index (χ0v) is 13.3. The summed E-state index contributed by atoms with van der Waals surface area (Å²) in [6.07, 6.45) is 1.77. The third kappa shape index (κ3) is 6.98. The molecule has 3 nitrogen and oxygen atoms in total. The zero-order valence-electron chi connectivity index (χ0n) is 13.3. The van der Waals surface area contributed by atoms with E-state index in [1.54, 1.807) is 0 Å². The van der Waals surface area contributed by atoms with Crippen LogP contribution in [0.15, 0.2) is 18.2 Å². The summed E-state index contributed by atoms with van der Waals surface area (Å²) in [6.45, 7) is 5.96. The van der Waals surface area contributed by atoms with E-state index < -0.39 is 11.6 Å². The van der Waals surface area contributed by atoms with Gasteiger partial charge in [-0.25, -0.2) is 8.78 Å². The molecule has 0 fully saturated rings. The summed E-state index contributed by atoms with van der Waals surface area (Å²) in [5.41, 5.74) is 6.59. The highest BCUT2D eigenvalue weighted by Crippen LogP contribution is 2.17. The first-order valence-electron chi connectivity index (χ1n) is 7.51. The van der Waals surface area contributed by atoms with Gasteiger partial charge in [0.05, 0.1) is 0 Å². The maximum atomic E-state index is 13.2. The van der Waals surface area contributed by atoms with E-state index in [4.69, 9.17) is 5.73 Å². The minimum absolute atomic E-state index is 0.339. The Kier molecular flexibility index (Phi) is 7.78. The van der Waals surface area contributed by atoms with E-state index in [1.807, 2.05) is 14.1 Å². The summed E-state index contributed by atoms with van der Waals surface area (Å²) in [7, 11) is 4.09. The van der Waals surface area contributed by atoms with Crippen molar-refractivity contribution in [3.63, 3.8) is 0 Å². The maximum Gasteiger partial charge on any atom is 0.126 e. The first kappa shape index (κ1) is 18.0. The predicted octanol–water partition coefficient (Wildman–Crippen LogP) is 2.63. The van der Waals surface area contributed by atoms with Gasteiger partial charge in [0.2, 0.25) is 0 Å². The third-order valence-corrected chi connectivity index (χ3v) is 3.47. The summed E-state index contributed by atoms with van der Waals surface area (Å²) < 4.78 is 26.4. The molecule has 1 rings (SSSR count). The van der Waals surface area contributed by atoms with Gasteiger partial charge in [0, 0.05) is 25.2 Å². The van der Waals surface area contributed by atoms with Crippen molar-refractivity contribution < 1.29 is 8.78 Å². The summed E-state index contributed by atoms with van der Waals surface area (Å²) >= 11 is 0. The van der Waals surface area contributed by atoms with Crippen molar-refractivity contribution in [2.24, 2.45) is 5.73 Å². The van der Waals surface area contributed by atoms with Crippen molar-refractivity contribution >= 4 is 0 Å². The van der Waals surface area contributed by atoms with Crippen LogP contribution < -0.4 is 5.73 Å². The molecule has 0 aliphatic rings. The number of nitrogens with zero attached hydrogens (tertiary/aromatic N) is 2. The van der Waals surface area contributed by atoms with E-state index in [9.17, 15) is 8.78 Å². The van der Waals surface area contributed by atoms with Crippen LogP contribution in [0.25, 0.3) is 0 Å². The van der Waals surface area contributed by atoms with Crippen LogP contribution in [0, 0.1) is 11.6 Å². The van der Waals surface area contributed by atoms with E-state index in [0.29, 0.717) is 12.0 Å². The molecular formula is C16H27F2N3. The van der Waals surface area contributed by atoms with Crippen LogP contribution in [0.1, 0.15) is 31.4 Å². The maximum absolute atomic E-state index is 13.2. The Hall–Kier alpha value is -1.04. The molecule has 0 spiro atoms. The molecule has 120 valence electrons. The molecule has 0 saturated heterocycles. The Balaban J connectivity index is 2.53. The molecule has 1 atom stereocenters. The van der Waals surface area contributed by atoms with Crippen molar-refractivity contribution in [1.29, 1.82) is 0 Å². The van der Waals surface area contributed by atoms with Crippen molar-refractivity contribution in [3.8, 4) is 0 Å². The van der Waals surface area contributed by atoms with Crippen molar-refractivity contribution in [2.75, 3.05) is 40.3 Å². The molecule has 0 heterocycles. The van der Waals surface area contributed by atoms with E-state index in [2.05, 4.69) is 16.7 Å². The van der Waals surface area contributed by atoms with Gasteiger partial charge in [-0.15, -0.1) is 0 Å². The number of hydrogen-bond donors (Lipinski definition) is 1. The van der Waals surface area contributed by atoms with Crippen molar-refractivity contribution in [3.05, 3.63) is 35.4 Å². The second kappa shape index (κ2) is 9.07. The molecule has 0 aliphatic heterocycles. The molecule has 0 saturated carbocycles. The van der Waals surface area contributed by atoms with Crippen LogP contribution in [-0.4, -0.2) is 50.1 Å². The topological polar surface area (TPSA) is 32.5 Å². The highest BCUT2D eigenvalue weighted by atomic mass is 19.1. The average molecular weight is 299 g/mol. The van der Waals surface area contributed by atoms with Gasteiger partial charge in [-0.3, -0.25) is 0 Å². The Morgan fingerprint density at radius 1 is 1.00 bits per heavy atom. The lowest BCUT2D eigenvalue weighted by atomic mass is 10.0. The van der Waals surface area contributed by atoms with E-state index >= 15 is 0 Å². The van der Waals surface area contributed by atoms with E-state index in [0.717, 1.165) is 38.7 Å². The molecular weight excluding hydrogens is 272 g/mol. The van der Waals surface area contributed by atoms with Crippen LogP contribution in [-0.2, 0) is 0 Å². The Morgan fingerprint density at radius 3 is 2.14 bits per heavy atom. The van der Waals surface area contributed by atoms with E-state index in [-0.39, 0.29) is 6.04 Å². The molecule has 0 radical (unpaired) electrons. The number of benzene rings is 1. The second-order valence-corrected chi connectivity index (χ2v) is 5.74. The quantitative estimate of drug-likeness (QED) is 0.761. The second-order valence-electron chi connectivity index (χ2n) is 5.74. The Morgan fingerprint density at radius 2 is 1.62 bits per heavy atom. The number of likely N-dealkylation sites (N-methyl/N-ethyl adjacent to an activating group) is 1. The van der Waals surface area contributed by atoms with Gasteiger partial charge in [0.15, 0.2) is 0 Å². The van der Waals surface area contributed by atoms with Gasteiger partial charge in [-0.05, 0) is 57.7 Å². The molecule has 1 aromatic carbocycles. The standard InChI is InChI=1S/C16H27F2N3/c1-4-6-21(9-8-20(2)3)7-5-16(19)13-10-14(17)12-15(18)11-13/h10-12,16H,4-9,19H2,1-3H3. The fourth-order valence-electron chi connectivity index (χ4n) is 2.27. The lowest BCUT2D eigenvalue weighted by molar-refractivity contribution is 0.233. The summed E-state index contributed by atoms with van der Waals surface area (Å²) in [5, 5.41) is 0. The molecule has 0 aliphatic carbocycles. The summed E-state index contributed by atoms with van der Waals surface area (Å²) in [6, 6.07) is 3.17. The van der Waals surface area contributed by atoms with Gasteiger partial charge >= 0.3 is 0 Å². The van der Waals surface area contributed by atoms with E-state index in [1.165, 1.54) is 12.1 Å². The Labute approximate surface area is 126 Å². The largest absolute Gasteiger partial charge is 0.324 e.